The largest absolute Gasteiger partial charge is 0.443 e. The average Bonchev–Trinajstić information content (AvgIpc) is 2.48. The second-order valence-electron chi connectivity index (χ2n) is 3.11. The van der Waals surface area contributed by atoms with Crippen molar-refractivity contribution in [2.75, 3.05) is 0 Å². The molecule has 0 atom stereocenters. The van der Waals surface area contributed by atoms with Crippen molar-refractivity contribution < 1.29 is 18.0 Å². The Labute approximate surface area is 88.4 Å². The summed E-state index contributed by atoms with van der Waals surface area (Å²) >= 11 is 0.360. The van der Waals surface area contributed by atoms with E-state index in [1.54, 1.807) is 13.8 Å². The van der Waals surface area contributed by atoms with Gasteiger partial charge in [-0.1, -0.05) is 5.57 Å². The van der Waals surface area contributed by atoms with E-state index in [0.29, 0.717) is 11.3 Å². The van der Waals surface area contributed by atoms with Crippen LogP contribution in [0.1, 0.15) is 28.5 Å². The second kappa shape index (κ2) is 4.14. The van der Waals surface area contributed by atoms with E-state index in [1.165, 1.54) is 6.08 Å². The summed E-state index contributed by atoms with van der Waals surface area (Å²) in [6, 6.07) is 0. The van der Waals surface area contributed by atoms with Gasteiger partial charge in [0.25, 0.3) is 0 Å². The molecule has 0 radical (unpaired) electrons. The van der Waals surface area contributed by atoms with Gasteiger partial charge in [-0.25, -0.2) is 4.98 Å². The Morgan fingerprint density at radius 3 is 2.47 bits per heavy atom. The number of thiazole rings is 1. The predicted molar refractivity (Wildman–Crippen MR) is 50.9 cm³/mol. The Morgan fingerprint density at radius 2 is 2.07 bits per heavy atom. The molecule has 82 valence electrons. The third-order valence-corrected chi connectivity index (χ3v) is 2.47. The number of carbonyl (C=O) groups excluding carboxylic acids is 1. The number of hydrogen-bond acceptors (Lipinski definition) is 3. The summed E-state index contributed by atoms with van der Waals surface area (Å²) in [4.78, 5) is 14.5. The van der Waals surface area contributed by atoms with E-state index >= 15 is 0 Å². The highest BCUT2D eigenvalue weighted by Crippen LogP contribution is 2.32. The molecule has 6 heteroatoms. The summed E-state index contributed by atoms with van der Waals surface area (Å²) in [7, 11) is 0. The summed E-state index contributed by atoms with van der Waals surface area (Å²) in [5.74, 6) is -0.442. The van der Waals surface area contributed by atoms with Gasteiger partial charge in [0.15, 0.2) is 10.8 Å². The number of aromatic nitrogens is 1. The van der Waals surface area contributed by atoms with Crippen molar-refractivity contribution in [2.24, 2.45) is 0 Å². The van der Waals surface area contributed by atoms with Crippen LogP contribution >= 0.6 is 11.3 Å². The summed E-state index contributed by atoms with van der Waals surface area (Å²) in [5, 5.41) is -0.993. The van der Waals surface area contributed by atoms with Crippen LogP contribution in [-0.2, 0) is 6.18 Å². The molecule has 0 bridgehead atoms. The second-order valence-corrected chi connectivity index (χ2v) is 4.14. The first-order valence-electron chi connectivity index (χ1n) is 4.03. The SMILES string of the molecule is CC(C)=CC(=O)c1cnc(C(F)(F)F)s1. The molecule has 0 N–H and O–H groups in total. The maximum Gasteiger partial charge on any atom is 0.443 e. The number of alkyl halides is 3. The molecule has 0 saturated heterocycles. The van der Waals surface area contributed by atoms with E-state index in [0.717, 1.165) is 11.8 Å². The van der Waals surface area contributed by atoms with Gasteiger partial charge >= 0.3 is 6.18 Å². The molecule has 1 aromatic rings. The van der Waals surface area contributed by atoms with Crippen molar-refractivity contribution in [1.29, 1.82) is 0 Å². The zero-order valence-corrected chi connectivity index (χ0v) is 8.87. The van der Waals surface area contributed by atoms with Crippen LogP contribution in [0.4, 0.5) is 13.2 Å². The van der Waals surface area contributed by atoms with Gasteiger partial charge < -0.3 is 0 Å². The zero-order chi connectivity index (χ0) is 11.6. The Bertz CT molecular complexity index is 402. The molecule has 0 aliphatic carbocycles. The van der Waals surface area contributed by atoms with Crippen LogP contribution in [0.25, 0.3) is 0 Å². The van der Waals surface area contributed by atoms with Gasteiger partial charge in [-0.15, -0.1) is 11.3 Å². The van der Waals surface area contributed by atoms with Gasteiger partial charge in [-0.05, 0) is 19.9 Å². The van der Waals surface area contributed by atoms with E-state index in [1.807, 2.05) is 0 Å². The maximum absolute atomic E-state index is 12.1. The number of ketones is 1. The molecule has 2 nitrogen and oxygen atoms in total. The van der Waals surface area contributed by atoms with Gasteiger partial charge in [0.2, 0.25) is 0 Å². The Morgan fingerprint density at radius 1 is 1.47 bits per heavy atom. The van der Waals surface area contributed by atoms with E-state index < -0.39 is 17.0 Å². The van der Waals surface area contributed by atoms with Gasteiger partial charge in [0.1, 0.15) is 0 Å². The fraction of sp³-hybridized carbons (Fsp3) is 0.333. The van der Waals surface area contributed by atoms with Crippen LogP contribution < -0.4 is 0 Å². The monoisotopic (exact) mass is 235 g/mol. The van der Waals surface area contributed by atoms with Gasteiger partial charge in [0.05, 0.1) is 4.88 Å². The van der Waals surface area contributed by atoms with E-state index in [2.05, 4.69) is 4.98 Å². The first-order chi connectivity index (χ1) is 6.80. The van der Waals surface area contributed by atoms with Crippen LogP contribution in [0.3, 0.4) is 0 Å². The predicted octanol–water partition coefficient (Wildman–Crippen LogP) is 3.31. The smallest absolute Gasteiger partial charge is 0.288 e. The molecule has 0 aliphatic heterocycles. The van der Waals surface area contributed by atoms with Crippen molar-refractivity contribution in [2.45, 2.75) is 20.0 Å². The lowest BCUT2D eigenvalue weighted by Crippen LogP contribution is -2.02. The first-order valence-corrected chi connectivity index (χ1v) is 4.84. The summed E-state index contributed by atoms with van der Waals surface area (Å²) in [6.45, 7) is 3.40. The Hall–Kier alpha value is -1.17. The van der Waals surface area contributed by atoms with Crippen molar-refractivity contribution in [1.82, 2.24) is 4.98 Å². The molecule has 1 rings (SSSR count). The maximum atomic E-state index is 12.1. The highest BCUT2D eigenvalue weighted by Gasteiger charge is 2.35. The van der Waals surface area contributed by atoms with Crippen molar-refractivity contribution in [3.05, 3.63) is 27.7 Å². The number of carbonyl (C=O) groups is 1. The number of nitrogens with zero attached hydrogens (tertiary/aromatic N) is 1. The summed E-state index contributed by atoms with van der Waals surface area (Å²) in [5.41, 5.74) is 0.738. The molecule has 15 heavy (non-hydrogen) atoms. The number of halogens is 3. The molecule has 0 saturated carbocycles. The van der Waals surface area contributed by atoms with E-state index in [-0.39, 0.29) is 4.88 Å². The molecular weight excluding hydrogens is 227 g/mol. The summed E-state index contributed by atoms with van der Waals surface area (Å²) < 4.78 is 36.4. The molecule has 0 unspecified atom stereocenters. The Kier molecular flexibility index (Phi) is 3.28. The average molecular weight is 235 g/mol. The highest BCUT2D eigenvalue weighted by atomic mass is 32.1. The molecule has 1 heterocycles. The molecule has 0 amide bonds. The summed E-state index contributed by atoms with van der Waals surface area (Å²) in [6.07, 6.45) is -2.24. The minimum atomic E-state index is -4.48. The fourth-order valence-corrected chi connectivity index (χ4v) is 1.55. The van der Waals surface area contributed by atoms with Crippen LogP contribution in [0.2, 0.25) is 0 Å². The van der Waals surface area contributed by atoms with Crippen LogP contribution in [0, 0.1) is 0 Å². The molecule has 0 fully saturated rings. The van der Waals surface area contributed by atoms with Crippen molar-refractivity contribution in [3.63, 3.8) is 0 Å². The fourth-order valence-electron chi connectivity index (χ4n) is 0.852. The molecular formula is C9H8F3NOS. The van der Waals surface area contributed by atoms with Crippen molar-refractivity contribution >= 4 is 17.1 Å². The van der Waals surface area contributed by atoms with Crippen LogP contribution in [0.5, 0.6) is 0 Å². The highest BCUT2D eigenvalue weighted by molar-refractivity contribution is 7.13. The molecule has 0 aromatic carbocycles. The number of rotatable bonds is 2. The lowest BCUT2D eigenvalue weighted by molar-refractivity contribution is -0.137. The van der Waals surface area contributed by atoms with Crippen LogP contribution in [-0.4, -0.2) is 10.8 Å². The van der Waals surface area contributed by atoms with Crippen molar-refractivity contribution in [3.8, 4) is 0 Å². The third kappa shape index (κ3) is 3.16. The van der Waals surface area contributed by atoms with Gasteiger partial charge in [-0.3, -0.25) is 4.79 Å². The van der Waals surface area contributed by atoms with E-state index in [4.69, 9.17) is 0 Å². The quantitative estimate of drug-likeness (QED) is 0.581. The minimum absolute atomic E-state index is 0.00326. The molecule has 1 aromatic heterocycles. The van der Waals surface area contributed by atoms with Gasteiger partial charge in [-0.2, -0.15) is 13.2 Å². The lowest BCUT2D eigenvalue weighted by atomic mass is 10.2. The first kappa shape index (κ1) is 11.9. The number of allylic oxidation sites excluding steroid dienone is 2. The minimum Gasteiger partial charge on any atom is -0.288 e. The van der Waals surface area contributed by atoms with E-state index in [9.17, 15) is 18.0 Å². The molecule has 0 spiro atoms. The van der Waals surface area contributed by atoms with Crippen LogP contribution in [0.15, 0.2) is 17.8 Å². The Balaban J connectivity index is 2.95. The number of hydrogen-bond donors (Lipinski definition) is 0. The lowest BCUT2D eigenvalue weighted by Gasteiger charge is -1.98. The normalized spacial score (nSPS) is 11.3. The van der Waals surface area contributed by atoms with Gasteiger partial charge in [0, 0.05) is 6.20 Å². The standard InChI is InChI=1S/C9H8F3NOS/c1-5(2)3-6(14)7-4-13-8(15-7)9(10,11)12/h3-4H,1-2H3. The topological polar surface area (TPSA) is 30.0 Å². The third-order valence-electron chi connectivity index (χ3n) is 1.41. The molecule has 0 aliphatic rings. The zero-order valence-electron chi connectivity index (χ0n) is 8.05.